The monoisotopic (exact) mass is 429 g/mol. The van der Waals surface area contributed by atoms with Gasteiger partial charge in [0.05, 0.1) is 17.4 Å². The number of aryl methyl sites for hydroxylation is 1. The molecule has 0 N–H and O–H groups in total. The minimum Gasteiger partial charge on any atom is -0.231 e. The Labute approximate surface area is 185 Å². The molecule has 1 aromatic heterocycles. The van der Waals surface area contributed by atoms with E-state index in [9.17, 15) is 0 Å². The summed E-state index contributed by atoms with van der Waals surface area (Å²) in [7, 11) is 0. The van der Waals surface area contributed by atoms with Crippen LogP contribution in [-0.2, 0) is 0 Å². The second-order valence-corrected chi connectivity index (χ2v) is 8.68. The number of thiazole rings is 1. The van der Waals surface area contributed by atoms with Crippen molar-refractivity contribution in [1.29, 1.82) is 0 Å². The Morgan fingerprint density at radius 1 is 0.900 bits per heavy atom. The minimum absolute atomic E-state index is 0.0911. The number of anilines is 1. The van der Waals surface area contributed by atoms with Crippen molar-refractivity contribution in [3.63, 3.8) is 0 Å². The maximum absolute atomic E-state index is 6.13. The molecule has 1 aliphatic rings. The molecule has 2 heterocycles. The summed E-state index contributed by atoms with van der Waals surface area (Å²) >= 11 is 7.75. The third-order valence-electron chi connectivity index (χ3n) is 5.31. The second kappa shape index (κ2) is 8.05. The first-order chi connectivity index (χ1) is 14.7. The van der Waals surface area contributed by atoms with E-state index in [2.05, 4.69) is 65.8 Å². The van der Waals surface area contributed by atoms with E-state index >= 15 is 0 Å². The SMILES string of the molecule is Cc1ccc(C2=NN(c3nc(-c4ccccc4)cs3)C(c3ccc(Cl)cc3)C2)cc1. The first kappa shape index (κ1) is 19.0. The van der Waals surface area contributed by atoms with Gasteiger partial charge in [0.15, 0.2) is 0 Å². The van der Waals surface area contributed by atoms with Gasteiger partial charge in [0.25, 0.3) is 0 Å². The summed E-state index contributed by atoms with van der Waals surface area (Å²) in [6.07, 6.45) is 0.824. The molecule has 148 valence electrons. The molecule has 0 bridgehead atoms. The van der Waals surface area contributed by atoms with Crippen molar-refractivity contribution in [1.82, 2.24) is 4.98 Å². The van der Waals surface area contributed by atoms with Crippen LogP contribution in [0.4, 0.5) is 5.13 Å². The molecular weight excluding hydrogens is 410 g/mol. The molecule has 1 aliphatic heterocycles. The largest absolute Gasteiger partial charge is 0.231 e. The van der Waals surface area contributed by atoms with Crippen molar-refractivity contribution in [2.24, 2.45) is 5.10 Å². The van der Waals surface area contributed by atoms with Crippen molar-refractivity contribution in [3.05, 3.63) is 106 Å². The lowest BCUT2D eigenvalue weighted by atomic mass is 9.98. The highest BCUT2D eigenvalue weighted by atomic mass is 35.5. The van der Waals surface area contributed by atoms with Crippen LogP contribution in [0.15, 0.2) is 89.3 Å². The number of rotatable bonds is 4. The third kappa shape index (κ3) is 3.76. The topological polar surface area (TPSA) is 28.5 Å². The molecule has 4 aromatic rings. The maximum Gasteiger partial charge on any atom is 0.207 e. The third-order valence-corrected chi connectivity index (χ3v) is 6.39. The summed E-state index contributed by atoms with van der Waals surface area (Å²) in [6, 6.07) is 27.0. The molecule has 3 aromatic carbocycles. The van der Waals surface area contributed by atoms with Crippen LogP contribution in [0.1, 0.15) is 29.2 Å². The molecule has 0 amide bonds. The number of nitrogens with zero attached hydrogens (tertiary/aromatic N) is 3. The highest BCUT2D eigenvalue weighted by Gasteiger charge is 2.31. The lowest BCUT2D eigenvalue weighted by Gasteiger charge is -2.21. The van der Waals surface area contributed by atoms with Crippen molar-refractivity contribution in [2.75, 3.05) is 5.01 Å². The van der Waals surface area contributed by atoms with E-state index in [1.807, 2.05) is 30.3 Å². The molecule has 1 atom stereocenters. The van der Waals surface area contributed by atoms with Gasteiger partial charge in [-0.3, -0.25) is 0 Å². The number of benzene rings is 3. The van der Waals surface area contributed by atoms with Crippen LogP contribution < -0.4 is 5.01 Å². The molecule has 0 saturated carbocycles. The molecule has 0 saturated heterocycles. The normalized spacial score (nSPS) is 16.0. The summed E-state index contributed by atoms with van der Waals surface area (Å²) in [5.41, 5.74) is 6.75. The molecule has 5 rings (SSSR count). The van der Waals surface area contributed by atoms with Crippen molar-refractivity contribution < 1.29 is 0 Å². The number of aromatic nitrogens is 1. The Balaban J connectivity index is 1.53. The van der Waals surface area contributed by atoms with E-state index in [4.69, 9.17) is 21.7 Å². The van der Waals surface area contributed by atoms with Crippen LogP contribution in [0.3, 0.4) is 0 Å². The fourth-order valence-electron chi connectivity index (χ4n) is 3.66. The lowest BCUT2D eigenvalue weighted by Crippen LogP contribution is -2.18. The average molecular weight is 430 g/mol. The summed E-state index contributed by atoms with van der Waals surface area (Å²) in [5, 5.41) is 10.8. The summed E-state index contributed by atoms with van der Waals surface area (Å²) in [5.74, 6) is 0. The summed E-state index contributed by atoms with van der Waals surface area (Å²) < 4.78 is 0. The first-order valence-electron chi connectivity index (χ1n) is 9.87. The zero-order chi connectivity index (χ0) is 20.5. The second-order valence-electron chi connectivity index (χ2n) is 7.41. The van der Waals surface area contributed by atoms with Gasteiger partial charge in [-0.15, -0.1) is 11.3 Å². The van der Waals surface area contributed by atoms with Gasteiger partial charge >= 0.3 is 0 Å². The minimum atomic E-state index is 0.0911. The Hall–Kier alpha value is -2.95. The van der Waals surface area contributed by atoms with Crippen LogP contribution >= 0.6 is 22.9 Å². The molecular formula is C25H20ClN3S. The Morgan fingerprint density at radius 2 is 1.63 bits per heavy atom. The summed E-state index contributed by atoms with van der Waals surface area (Å²) in [4.78, 5) is 4.91. The van der Waals surface area contributed by atoms with Crippen molar-refractivity contribution in [3.8, 4) is 11.3 Å². The van der Waals surface area contributed by atoms with Crippen molar-refractivity contribution in [2.45, 2.75) is 19.4 Å². The number of halogens is 1. The standard InChI is InChI=1S/C25H20ClN3S/c1-17-7-9-19(10-8-17)22-15-24(20-11-13-21(26)14-12-20)29(28-22)25-27-23(16-30-25)18-5-3-2-4-6-18/h2-14,16,24H,15H2,1H3. The fourth-order valence-corrected chi connectivity index (χ4v) is 4.62. The van der Waals surface area contributed by atoms with Crippen LogP contribution in [0.2, 0.25) is 5.02 Å². The predicted molar refractivity (Wildman–Crippen MR) is 127 cm³/mol. The van der Waals surface area contributed by atoms with Gasteiger partial charge in [-0.25, -0.2) is 9.99 Å². The maximum atomic E-state index is 6.13. The van der Waals surface area contributed by atoms with E-state index in [0.29, 0.717) is 0 Å². The number of hydrogen-bond acceptors (Lipinski definition) is 4. The zero-order valence-electron chi connectivity index (χ0n) is 16.5. The van der Waals surface area contributed by atoms with E-state index in [-0.39, 0.29) is 6.04 Å². The molecule has 0 fully saturated rings. The lowest BCUT2D eigenvalue weighted by molar-refractivity contribution is 0.706. The van der Waals surface area contributed by atoms with E-state index in [0.717, 1.165) is 39.1 Å². The average Bonchev–Trinajstić information content (AvgIpc) is 3.43. The number of hydrazone groups is 1. The van der Waals surface area contributed by atoms with Gasteiger partial charge in [0.1, 0.15) is 0 Å². The van der Waals surface area contributed by atoms with E-state index < -0.39 is 0 Å². The fraction of sp³-hybridized carbons (Fsp3) is 0.120. The van der Waals surface area contributed by atoms with Gasteiger partial charge in [-0.05, 0) is 30.2 Å². The molecule has 1 unspecified atom stereocenters. The highest BCUT2D eigenvalue weighted by molar-refractivity contribution is 7.14. The number of hydrogen-bond donors (Lipinski definition) is 0. The van der Waals surface area contributed by atoms with E-state index in [1.54, 1.807) is 11.3 Å². The first-order valence-corrected chi connectivity index (χ1v) is 11.1. The quantitative estimate of drug-likeness (QED) is 0.345. The van der Waals surface area contributed by atoms with Crippen LogP contribution in [0, 0.1) is 6.92 Å². The highest BCUT2D eigenvalue weighted by Crippen LogP contribution is 2.39. The Morgan fingerprint density at radius 3 is 2.37 bits per heavy atom. The van der Waals surface area contributed by atoms with Gasteiger partial charge in [0.2, 0.25) is 5.13 Å². The van der Waals surface area contributed by atoms with Crippen LogP contribution in [0.25, 0.3) is 11.3 Å². The van der Waals surface area contributed by atoms with Crippen LogP contribution in [0.5, 0.6) is 0 Å². The van der Waals surface area contributed by atoms with E-state index in [1.165, 1.54) is 11.1 Å². The summed E-state index contributed by atoms with van der Waals surface area (Å²) in [6.45, 7) is 2.10. The Bertz CT molecular complexity index is 1180. The molecule has 0 radical (unpaired) electrons. The molecule has 0 aliphatic carbocycles. The zero-order valence-corrected chi connectivity index (χ0v) is 18.1. The van der Waals surface area contributed by atoms with Crippen LogP contribution in [-0.4, -0.2) is 10.7 Å². The molecule has 30 heavy (non-hydrogen) atoms. The molecule has 3 nitrogen and oxygen atoms in total. The smallest absolute Gasteiger partial charge is 0.207 e. The molecule has 0 spiro atoms. The van der Waals surface area contributed by atoms with Crippen molar-refractivity contribution >= 4 is 33.8 Å². The van der Waals surface area contributed by atoms with Gasteiger partial charge in [0, 0.05) is 22.4 Å². The van der Waals surface area contributed by atoms with Gasteiger partial charge < -0.3 is 0 Å². The van der Waals surface area contributed by atoms with Gasteiger partial charge in [-0.2, -0.15) is 5.10 Å². The predicted octanol–water partition coefficient (Wildman–Crippen LogP) is 7.13. The Kier molecular flexibility index (Phi) is 5.11. The molecule has 5 heteroatoms. The van der Waals surface area contributed by atoms with Gasteiger partial charge in [-0.1, -0.05) is 83.9 Å².